The van der Waals surface area contributed by atoms with E-state index in [0.29, 0.717) is 31.7 Å². The van der Waals surface area contributed by atoms with Crippen LogP contribution in [0.5, 0.6) is 0 Å². The van der Waals surface area contributed by atoms with Crippen molar-refractivity contribution in [2.45, 2.75) is 51.9 Å². The van der Waals surface area contributed by atoms with Crippen LogP contribution in [0.1, 0.15) is 70.1 Å². The summed E-state index contributed by atoms with van der Waals surface area (Å²) in [6.45, 7) is 7.03. The molecule has 2 aliphatic rings. The average Bonchev–Trinajstić information content (AvgIpc) is 3.24. The smallest absolute Gasteiger partial charge is 0.286 e. The molecule has 0 aliphatic carbocycles. The molecule has 2 saturated heterocycles. The molecule has 2 fully saturated rings. The predicted molar refractivity (Wildman–Crippen MR) is 140 cm³/mol. The summed E-state index contributed by atoms with van der Waals surface area (Å²) in [7, 11) is 0. The fraction of sp³-hybridized carbons (Fsp3) is 0.577. The highest BCUT2D eigenvalue weighted by Gasteiger charge is 2.28. The van der Waals surface area contributed by atoms with Gasteiger partial charge < -0.3 is 20.4 Å². The second kappa shape index (κ2) is 12.9. The molecule has 2 aliphatic heterocycles. The van der Waals surface area contributed by atoms with Gasteiger partial charge in [0.1, 0.15) is 0 Å². The van der Waals surface area contributed by atoms with Gasteiger partial charge in [0.15, 0.2) is 0 Å². The largest absolute Gasteiger partial charge is 0.355 e. The molecule has 1 aromatic heterocycles. The Morgan fingerprint density at radius 3 is 2.31 bits per heavy atom. The summed E-state index contributed by atoms with van der Waals surface area (Å²) < 4.78 is 0. The maximum absolute atomic E-state index is 12.9. The van der Waals surface area contributed by atoms with E-state index < -0.39 is 0 Å². The molecule has 3 heterocycles. The van der Waals surface area contributed by atoms with E-state index in [1.54, 1.807) is 4.90 Å². The normalized spacial score (nSPS) is 17.4. The molecule has 2 N–H and O–H groups in total. The van der Waals surface area contributed by atoms with Crippen molar-refractivity contribution in [3.63, 3.8) is 0 Å². The summed E-state index contributed by atoms with van der Waals surface area (Å²) in [5.41, 5.74) is 1.77. The van der Waals surface area contributed by atoms with Crippen molar-refractivity contribution < 1.29 is 14.4 Å². The molecule has 2 aromatic rings. The number of hydrogen-bond donors (Lipinski definition) is 2. The van der Waals surface area contributed by atoms with Crippen molar-refractivity contribution in [2.75, 3.05) is 44.6 Å². The highest BCUT2D eigenvalue weighted by molar-refractivity contribution is 7.15. The molecule has 0 atom stereocenters. The number of aryl methyl sites for hydroxylation is 1. The van der Waals surface area contributed by atoms with Crippen molar-refractivity contribution >= 4 is 34.7 Å². The molecule has 0 bridgehead atoms. The Labute approximate surface area is 216 Å². The molecule has 1 aromatic carbocycles. The van der Waals surface area contributed by atoms with Crippen LogP contribution >= 0.6 is 11.3 Å². The zero-order valence-electron chi connectivity index (χ0n) is 21.0. The molecule has 194 valence electrons. The van der Waals surface area contributed by atoms with Crippen LogP contribution in [0.4, 0.5) is 5.69 Å². The highest BCUT2D eigenvalue weighted by atomic mass is 32.1. The van der Waals surface area contributed by atoms with E-state index >= 15 is 0 Å². The van der Waals surface area contributed by atoms with Crippen LogP contribution in [0.25, 0.3) is 0 Å². The molecule has 4 rings (SSSR count). The van der Waals surface area contributed by atoms with E-state index in [-0.39, 0.29) is 33.7 Å². The minimum Gasteiger partial charge on any atom is -0.355 e. The topological polar surface area (TPSA) is 108 Å². The lowest BCUT2D eigenvalue weighted by molar-refractivity contribution is -0.122. The number of piperidine rings is 1. The second-order valence-corrected chi connectivity index (χ2v) is 10.8. The molecule has 10 heteroatoms. The standard InChI is InChI=1S/C26H36N6O3S/c1-19-6-8-21(9-7-19)28-23(34)24-29-30-25(36-24)26(35)32-15-10-20(11-16-32)18-22(33)27-12-17-31-13-4-2-3-5-14-31/h6-9,20H,2-5,10-18H2,1H3,(H,27,33)(H,28,34). The average molecular weight is 513 g/mol. The molecule has 9 nitrogen and oxygen atoms in total. The van der Waals surface area contributed by atoms with Crippen LogP contribution in [-0.4, -0.2) is 77.0 Å². The summed E-state index contributed by atoms with van der Waals surface area (Å²) in [5, 5.41) is 14.1. The summed E-state index contributed by atoms with van der Waals surface area (Å²) in [6.07, 6.45) is 7.20. The molecule has 3 amide bonds. The highest BCUT2D eigenvalue weighted by Crippen LogP contribution is 2.23. The SMILES string of the molecule is Cc1ccc(NC(=O)c2nnc(C(=O)N3CCC(CC(=O)NCCN4CCCCCC4)CC3)s2)cc1. The first-order valence-corrected chi connectivity index (χ1v) is 13.8. The van der Waals surface area contributed by atoms with Gasteiger partial charge in [0.2, 0.25) is 15.9 Å². The van der Waals surface area contributed by atoms with Crippen molar-refractivity contribution in [3.05, 3.63) is 39.8 Å². The Kier molecular flexibility index (Phi) is 9.41. The lowest BCUT2D eigenvalue weighted by Crippen LogP contribution is -2.40. The second-order valence-electron chi connectivity index (χ2n) is 9.78. The molecule has 0 spiro atoms. The van der Waals surface area contributed by atoms with Gasteiger partial charge in [-0.05, 0) is 63.7 Å². The van der Waals surface area contributed by atoms with Gasteiger partial charge in [0.05, 0.1) is 0 Å². The Morgan fingerprint density at radius 1 is 0.944 bits per heavy atom. The molecular formula is C26H36N6O3S. The summed E-state index contributed by atoms with van der Waals surface area (Å²) in [4.78, 5) is 42.0. The van der Waals surface area contributed by atoms with Crippen LogP contribution in [0, 0.1) is 12.8 Å². The Hall–Kier alpha value is -2.85. The van der Waals surface area contributed by atoms with E-state index in [4.69, 9.17) is 0 Å². The van der Waals surface area contributed by atoms with Gasteiger partial charge in [0.25, 0.3) is 11.8 Å². The zero-order valence-corrected chi connectivity index (χ0v) is 21.8. The summed E-state index contributed by atoms with van der Waals surface area (Å²) in [6, 6.07) is 7.46. The fourth-order valence-corrected chi connectivity index (χ4v) is 5.45. The predicted octanol–water partition coefficient (Wildman–Crippen LogP) is 3.33. The number of rotatable bonds is 8. The minimum atomic E-state index is -0.379. The number of likely N-dealkylation sites (tertiary alicyclic amines) is 2. The van der Waals surface area contributed by atoms with Gasteiger partial charge in [-0.3, -0.25) is 14.4 Å². The third kappa shape index (κ3) is 7.57. The number of benzene rings is 1. The Bertz CT molecular complexity index is 1020. The number of anilines is 1. The van der Waals surface area contributed by atoms with Gasteiger partial charge in [0, 0.05) is 38.3 Å². The molecule has 0 saturated carbocycles. The fourth-order valence-electron chi connectivity index (χ4n) is 4.75. The minimum absolute atomic E-state index is 0.1000. The molecule has 36 heavy (non-hydrogen) atoms. The lowest BCUT2D eigenvalue weighted by Gasteiger charge is -2.31. The third-order valence-corrected chi connectivity index (χ3v) is 7.85. The van der Waals surface area contributed by atoms with Crippen molar-refractivity contribution in [1.29, 1.82) is 0 Å². The van der Waals surface area contributed by atoms with Crippen LogP contribution in [0.15, 0.2) is 24.3 Å². The first-order valence-electron chi connectivity index (χ1n) is 13.0. The van der Waals surface area contributed by atoms with Crippen molar-refractivity contribution in [2.24, 2.45) is 5.92 Å². The van der Waals surface area contributed by atoms with Gasteiger partial charge in [-0.25, -0.2) is 0 Å². The number of carbonyl (C=O) groups excluding carboxylic acids is 3. The maximum atomic E-state index is 12.9. The van der Waals surface area contributed by atoms with Crippen LogP contribution in [0.3, 0.4) is 0 Å². The number of amides is 3. The molecule has 0 unspecified atom stereocenters. The molecular weight excluding hydrogens is 476 g/mol. The third-order valence-electron chi connectivity index (χ3n) is 6.94. The number of nitrogens with zero attached hydrogens (tertiary/aromatic N) is 4. The number of nitrogens with one attached hydrogen (secondary N) is 2. The van der Waals surface area contributed by atoms with E-state index in [0.717, 1.165) is 49.4 Å². The monoisotopic (exact) mass is 512 g/mol. The zero-order chi connectivity index (χ0) is 25.3. The Morgan fingerprint density at radius 2 is 1.61 bits per heavy atom. The van der Waals surface area contributed by atoms with Crippen LogP contribution in [0.2, 0.25) is 0 Å². The van der Waals surface area contributed by atoms with Crippen molar-refractivity contribution in [1.82, 2.24) is 25.3 Å². The number of aromatic nitrogens is 2. The summed E-state index contributed by atoms with van der Waals surface area (Å²) >= 11 is 1.01. The van der Waals surface area contributed by atoms with Crippen molar-refractivity contribution in [3.8, 4) is 0 Å². The van der Waals surface area contributed by atoms with E-state index in [2.05, 4.69) is 25.7 Å². The van der Waals surface area contributed by atoms with Crippen LogP contribution < -0.4 is 10.6 Å². The van der Waals surface area contributed by atoms with Crippen LogP contribution in [-0.2, 0) is 4.79 Å². The number of carbonyl (C=O) groups is 3. The lowest BCUT2D eigenvalue weighted by atomic mass is 9.93. The van der Waals surface area contributed by atoms with Gasteiger partial charge in [-0.2, -0.15) is 0 Å². The molecule has 0 radical (unpaired) electrons. The van der Waals surface area contributed by atoms with E-state index in [1.807, 2.05) is 31.2 Å². The quantitative estimate of drug-likeness (QED) is 0.562. The maximum Gasteiger partial charge on any atom is 0.286 e. The first kappa shape index (κ1) is 26.2. The van der Waals surface area contributed by atoms with E-state index in [9.17, 15) is 14.4 Å². The first-order chi connectivity index (χ1) is 17.5. The van der Waals surface area contributed by atoms with Gasteiger partial charge in [-0.15, -0.1) is 10.2 Å². The van der Waals surface area contributed by atoms with Gasteiger partial charge >= 0.3 is 0 Å². The number of hydrogen-bond acceptors (Lipinski definition) is 7. The summed E-state index contributed by atoms with van der Waals surface area (Å²) in [5.74, 6) is -0.210. The van der Waals surface area contributed by atoms with Gasteiger partial charge in [-0.1, -0.05) is 41.9 Å². The van der Waals surface area contributed by atoms with E-state index in [1.165, 1.54) is 25.7 Å². The Balaban J connectivity index is 1.17.